The highest BCUT2D eigenvalue weighted by atomic mass is 16.1. The summed E-state index contributed by atoms with van der Waals surface area (Å²) >= 11 is 0. The molecule has 0 aromatic heterocycles. The van der Waals surface area contributed by atoms with Crippen molar-refractivity contribution in [1.82, 2.24) is 4.90 Å². The summed E-state index contributed by atoms with van der Waals surface area (Å²) in [4.78, 5) is 12.9. The SMILES string of the molecule is C/C=C\C(C1=CCN(CC(N)=O)CC1)=C(C)C. The lowest BCUT2D eigenvalue weighted by Gasteiger charge is -2.26. The molecule has 1 aliphatic heterocycles. The van der Waals surface area contributed by atoms with Gasteiger partial charge in [-0.25, -0.2) is 0 Å². The molecule has 0 spiro atoms. The lowest BCUT2D eigenvalue weighted by Crippen LogP contribution is -2.36. The Balaban J connectivity index is 2.73. The minimum absolute atomic E-state index is 0.252. The Morgan fingerprint density at radius 1 is 1.53 bits per heavy atom. The first-order valence-corrected chi connectivity index (χ1v) is 6.04. The van der Waals surface area contributed by atoms with Crippen LogP contribution in [0, 0.1) is 0 Å². The van der Waals surface area contributed by atoms with E-state index in [9.17, 15) is 4.79 Å². The third-order valence-corrected chi connectivity index (χ3v) is 2.89. The Kier molecular flexibility index (Phi) is 5.16. The van der Waals surface area contributed by atoms with E-state index in [1.807, 2.05) is 6.92 Å². The molecule has 0 aromatic rings. The van der Waals surface area contributed by atoms with Gasteiger partial charge in [-0.3, -0.25) is 9.69 Å². The number of primary amides is 1. The lowest BCUT2D eigenvalue weighted by atomic mass is 9.95. The molecule has 1 amide bonds. The van der Waals surface area contributed by atoms with E-state index in [4.69, 9.17) is 5.73 Å². The number of allylic oxidation sites excluding steroid dienone is 4. The highest BCUT2D eigenvalue weighted by Crippen LogP contribution is 2.22. The zero-order valence-corrected chi connectivity index (χ0v) is 11.0. The van der Waals surface area contributed by atoms with Crippen LogP contribution in [0.4, 0.5) is 0 Å². The topological polar surface area (TPSA) is 46.3 Å². The second-order valence-corrected chi connectivity index (χ2v) is 4.59. The van der Waals surface area contributed by atoms with E-state index in [1.165, 1.54) is 16.7 Å². The average Bonchev–Trinajstić information content (AvgIpc) is 2.26. The Labute approximate surface area is 104 Å². The molecule has 1 rings (SSSR count). The summed E-state index contributed by atoms with van der Waals surface area (Å²) in [6.07, 6.45) is 7.41. The molecule has 17 heavy (non-hydrogen) atoms. The first kappa shape index (κ1) is 13.7. The van der Waals surface area contributed by atoms with Crippen LogP contribution in [-0.4, -0.2) is 30.4 Å². The van der Waals surface area contributed by atoms with Crippen molar-refractivity contribution in [2.45, 2.75) is 27.2 Å². The Hall–Kier alpha value is -1.35. The van der Waals surface area contributed by atoms with Crippen molar-refractivity contribution in [2.24, 2.45) is 5.73 Å². The molecule has 0 aliphatic carbocycles. The Morgan fingerprint density at radius 3 is 2.65 bits per heavy atom. The lowest BCUT2D eigenvalue weighted by molar-refractivity contribution is -0.119. The number of amides is 1. The van der Waals surface area contributed by atoms with Crippen LogP contribution < -0.4 is 5.73 Å². The number of nitrogens with two attached hydrogens (primary N) is 1. The van der Waals surface area contributed by atoms with Crippen LogP contribution >= 0.6 is 0 Å². The Bertz CT molecular complexity index is 374. The van der Waals surface area contributed by atoms with E-state index >= 15 is 0 Å². The summed E-state index contributed by atoms with van der Waals surface area (Å²) in [7, 11) is 0. The Morgan fingerprint density at radius 2 is 2.24 bits per heavy atom. The molecule has 0 fully saturated rings. The van der Waals surface area contributed by atoms with Crippen LogP contribution in [0.3, 0.4) is 0 Å². The molecule has 1 aliphatic rings. The fourth-order valence-corrected chi connectivity index (χ4v) is 2.08. The van der Waals surface area contributed by atoms with E-state index in [0.717, 1.165) is 19.5 Å². The fourth-order valence-electron chi connectivity index (χ4n) is 2.08. The van der Waals surface area contributed by atoms with Crippen molar-refractivity contribution in [2.75, 3.05) is 19.6 Å². The molecule has 1 heterocycles. The summed E-state index contributed by atoms with van der Waals surface area (Å²) < 4.78 is 0. The molecule has 94 valence electrons. The molecule has 0 saturated carbocycles. The zero-order chi connectivity index (χ0) is 12.8. The predicted octanol–water partition coefficient (Wildman–Crippen LogP) is 2.02. The van der Waals surface area contributed by atoms with Crippen molar-refractivity contribution >= 4 is 5.91 Å². The van der Waals surface area contributed by atoms with Gasteiger partial charge in [-0.05, 0) is 38.3 Å². The summed E-state index contributed by atoms with van der Waals surface area (Å²) in [5.41, 5.74) is 9.23. The van der Waals surface area contributed by atoms with Gasteiger partial charge in [0.1, 0.15) is 0 Å². The van der Waals surface area contributed by atoms with E-state index in [0.29, 0.717) is 6.54 Å². The van der Waals surface area contributed by atoms with Crippen molar-refractivity contribution < 1.29 is 4.79 Å². The van der Waals surface area contributed by atoms with Crippen LogP contribution in [-0.2, 0) is 4.79 Å². The maximum absolute atomic E-state index is 10.8. The van der Waals surface area contributed by atoms with Gasteiger partial charge in [0.2, 0.25) is 5.91 Å². The van der Waals surface area contributed by atoms with E-state index in [2.05, 4.69) is 37.0 Å². The second kappa shape index (κ2) is 6.40. The highest BCUT2D eigenvalue weighted by Gasteiger charge is 2.15. The van der Waals surface area contributed by atoms with Gasteiger partial charge < -0.3 is 5.73 Å². The van der Waals surface area contributed by atoms with Crippen LogP contribution in [0.25, 0.3) is 0 Å². The quantitative estimate of drug-likeness (QED) is 0.756. The van der Waals surface area contributed by atoms with Crippen LogP contribution in [0.5, 0.6) is 0 Å². The molecule has 0 aromatic carbocycles. The number of rotatable bonds is 4. The van der Waals surface area contributed by atoms with Gasteiger partial charge in [0.25, 0.3) is 0 Å². The summed E-state index contributed by atoms with van der Waals surface area (Å²) in [5, 5.41) is 0. The minimum Gasteiger partial charge on any atom is -0.369 e. The molecule has 0 bridgehead atoms. The molecule has 3 nitrogen and oxygen atoms in total. The monoisotopic (exact) mass is 234 g/mol. The van der Waals surface area contributed by atoms with Crippen molar-refractivity contribution in [1.29, 1.82) is 0 Å². The first-order chi connectivity index (χ1) is 8.04. The molecule has 3 heteroatoms. The van der Waals surface area contributed by atoms with Crippen LogP contribution in [0.2, 0.25) is 0 Å². The molecule has 0 saturated heterocycles. The van der Waals surface area contributed by atoms with Gasteiger partial charge in [-0.2, -0.15) is 0 Å². The average molecular weight is 234 g/mol. The van der Waals surface area contributed by atoms with Gasteiger partial charge in [0.05, 0.1) is 6.54 Å². The fraction of sp³-hybridized carbons (Fsp3) is 0.500. The molecule has 0 atom stereocenters. The molecular formula is C14H22N2O. The van der Waals surface area contributed by atoms with Crippen molar-refractivity contribution in [3.63, 3.8) is 0 Å². The van der Waals surface area contributed by atoms with Crippen LogP contribution in [0.15, 0.2) is 34.9 Å². The van der Waals surface area contributed by atoms with Gasteiger partial charge in [0.15, 0.2) is 0 Å². The van der Waals surface area contributed by atoms with E-state index in [1.54, 1.807) is 0 Å². The van der Waals surface area contributed by atoms with E-state index < -0.39 is 0 Å². The maximum Gasteiger partial charge on any atom is 0.231 e. The highest BCUT2D eigenvalue weighted by molar-refractivity contribution is 5.76. The van der Waals surface area contributed by atoms with Gasteiger partial charge in [-0.1, -0.05) is 23.8 Å². The van der Waals surface area contributed by atoms with Gasteiger partial charge in [0, 0.05) is 13.1 Å². The van der Waals surface area contributed by atoms with E-state index in [-0.39, 0.29) is 5.91 Å². The number of nitrogens with zero attached hydrogens (tertiary/aromatic N) is 1. The molecule has 2 N–H and O–H groups in total. The summed E-state index contributed by atoms with van der Waals surface area (Å²) in [5.74, 6) is -0.252. The normalized spacial score (nSPS) is 17.0. The minimum atomic E-state index is -0.252. The maximum atomic E-state index is 10.8. The third kappa shape index (κ3) is 4.19. The summed E-state index contributed by atoms with van der Waals surface area (Å²) in [6.45, 7) is 8.37. The molecule has 0 radical (unpaired) electrons. The molecule has 0 unspecified atom stereocenters. The first-order valence-electron chi connectivity index (χ1n) is 6.04. The van der Waals surface area contributed by atoms with Crippen molar-refractivity contribution in [3.05, 3.63) is 34.9 Å². The zero-order valence-electron chi connectivity index (χ0n) is 11.0. The van der Waals surface area contributed by atoms with Gasteiger partial charge >= 0.3 is 0 Å². The third-order valence-electron chi connectivity index (χ3n) is 2.89. The number of hydrogen-bond donors (Lipinski definition) is 1. The number of carbonyl (C=O) groups is 1. The van der Waals surface area contributed by atoms with Crippen LogP contribution in [0.1, 0.15) is 27.2 Å². The number of carbonyl (C=O) groups excluding carboxylic acids is 1. The van der Waals surface area contributed by atoms with Crippen molar-refractivity contribution in [3.8, 4) is 0 Å². The summed E-state index contributed by atoms with van der Waals surface area (Å²) in [6, 6.07) is 0. The smallest absolute Gasteiger partial charge is 0.231 e. The predicted molar refractivity (Wildman–Crippen MR) is 71.5 cm³/mol. The number of hydrogen-bond acceptors (Lipinski definition) is 2. The second-order valence-electron chi connectivity index (χ2n) is 4.59. The largest absolute Gasteiger partial charge is 0.369 e. The van der Waals surface area contributed by atoms with Gasteiger partial charge in [-0.15, -0.1) is 0 Å². The molecular weight excluding hydrogens is 212 g/mol. The standard InChI is InChI=1S/C14H22N2O/c1-4-5-13(11(2)3)12-6-8-16(9-7-12)10-14(15)17/h4-6H,7-10H2,1-3H3,(H2,15,17)/b5-4-.